The number of hydrogen-bond donors (Lipinski definition) is 1. The van der Waals surface area contributed by atoms with Crippen molar-refractivity contribution in [1.29, 1.82) is 0 Å². The van der Waals surface area contributed by atoms with E-state index in [1.165, 1.54) is 0 Å². The Morgan fingerprint density at radius 2 is 2.29 bits per heavy atom. The van der Waals surface area contributed by atoms with Gasteiger partial charge in [0.1, 0.15) is 0 Å². The van der Waals surface area contributed by atoms with Crippen LogP contribution in [0, 0.1) is 0 Å². The molecule has 14 heavy (non-hydrogen) atoms. The molecular formula is C10H21N3O. The lowest BCUT2D eigenvalue weighted by atomic mass is 10.2. The first kappa shape index (κ1) is 11.5. The van der Waals surface area contributed by atoms with Crippen molar-refractivity contribution >= 4 is 5.91 Å². The van der Waals surface area contributed by atoms with E-state index >= 15 is 0 Å². The topological polar surface area (TPSA) is 35.6 Å². The molecule has 0 aromatic heterocycles. The molecule has 82 valence electrons. The quantitative estimate of drug-likeness (QED) is 0.681. The Labute approximate surface area is 86.2 Å². The molecule has 1 aliphatic rings. The fourth-order valence-corrected chi connectivity index (χ4v) is 1.68. The van der Waals surface area contributed by atoms with Crippen molar-refractivity contribution in [2.45, 2.75) is 19.4 Å². The Hall–Kier alpha value is -0.610. The van der Waals surface area contributed by atoms with Crippen molar-refractivity contribution in [3.8, 4) is 0 Å². The van der Waals surface area contributed by atoms with Gasteiger partial charge in [-0.2, -0.15) is 0 Å². The number of carbonyl (C=O) groups excluding carboxylic acids is 1. The number of nitrogens with zero attached hydrogens (tertiary/aromatic N) is 2. The van der Waals surface area contributed by atoms with Crippen LogP contribution < -0.4 is 5.32 Å². The predicted octanol–water partition coefficient (Wildman–Crippen LogP) is -0.242. The number of carbonyl (C=O) groups is 1. The van der Waals surface area contributed by atoms with Gasteiger partial charge in [0.05, 0.1) is 0 Å². The van der Waals surface area contributed by atoms with Gasteiger partial charge in [-0.05, 0) is 6.92 Å². The molecule has 0 unspecified atom stereocenters. The summed E-state index contributed by atoms with van der Waals surface area (Å²) in [7, 11) is 3.62. The zero-order chi connectivity index (χ0) is 10.6. The average molecular weight is 199 g/mol. The third-order valence-corrected chi connectivity index (χ3v) is 2.75. The fourth-order valence-electron chi connectivity index (χ4n) is 1.68. The van der Waals surface area contributed by atoms with Crippen LogP contribution in [0.1, 0.15) is 13.3 Å². The highest BCUT2D eigenvalue weighted by Gasteiger charge is 2.18. The van der Waals surface area contributed by atoms with Crippen molar-refractivity contribution in [2.24, 2.45) is 0 Å². The SMILES string of the molecule is C[C@@H]1CNCCN1CCC(=O)N(C)C. The van der Waals surface area contributed by atoms with Crippen LogP contribution in [0.25, 0.3) is 0 Å². The van der Waals surface area contributed by atoms with Gasteiger partial charge >= 0.3 is 0 Å². The van der Waals surface area contributed by atoms with Gasteiger partial charge < -0.3 is 10.2 Å². The first-order valence-corrected chi connectivity index (χ1v) is 5.26. The maximum absolute atomic E-state index is 11.4. The molecule has 0 bridgehead atoms. The van der Waals surface area contributed by atoms with E-state index in [0.29, 0.717) is 12.5 Å². The Kier molecular flexibility index (Phi) is 4.35. The molecule has 4 heteroatoms. The van der Waals surface area contributed by atoms with Crippen LogP contribution in [-0.4, -0.2) is 62.0 Å². The lowest BCUT2D eigenvalue weighted by molar-refractivity contribution is -0.129. The maximum atomic E-state index is 11.4. The maximum Gasteiger partial charge on any atom is 0.223 e. The van der Waals surface area contributed by atoms with E-state index < -0.39 is 0 Å². The summed E-state index contributed by atoms with van der Waals surface area (Å²) >= 11 is 0. The standard InChI is InChI=1S/C10H21N3O/c1-9-8-11-5-7-13(9)6-4-10(14)12(2)3/h9,11H,4-8H2,1-3H3/t9-/m1/s1. The average Bonchev–Trinajstić information content (AvgIpc) is 2.16. The zero-order valence-corrected chi connectivity index (χ0v) is 9.42. The first-order valence-electron chi connectivity index (χ1n) is 5.26. The van der Waals surface area contributed by atoms with Gasteiger partial charge in [0.25, 0.3) is 0 Å². The molecule has 0 aromatic carbocycles. The van der Waals surface area contributed by atoms with Crippen LogP contribution in [0.2, 0.25) is 0 Å². The molecule has 0 aromatic rings. The molecule has 1 amide bonds. The summed E-state index contributed by atoms with van der Waals surface area (Å²) in [5, 5.41) is 3.34. The lowest BCUT2D eigenvalue weighted by Gasteiger charge is -2.33. The molecule has 4 nitrogen and oxygen atoms in total. The second kappa shape index (κ2) is 5.32. The summed E-state index contributed by atoms with van der Waals surface area (Å²) in [6, 6.07) is 0.554. The van der Waals surface area contributed by atoms with Crippen molar-refractivity contribution in [2.75, 3.05) is 40.3 Å². The summed E-state index contributed by atoms with van der Waals surface area (Å²) in [4.78, 5) is 15.4. The van der Waals surface area contributed by atoms with Gasteiger partial charge in [0.15, 0.2) is 0 Å². The highest BCUT2D eigenvalue weighted by molar-refractivity contribution is 5.75. The van der Waals surface area contributed by atoms with E-state index in [1.54, 1.807) is 4.90 Å². The third kappa shape index (κ3) is 3.27. The molecule has 0 radical (unpaired) electrons. The van der Waals surface area contributed by atoms with E-state index in [9.17, 15) is 4.79 Å². The molecule has 1 saturated heterocycles. The number of rotatable bonds is 3. The smallest absolute Gasteiger partial charge is 0.223 e. The molecule has 1 heterocycles. The second-order valence-electron chi connectivity index (χ2n) is 4.13. The first-order chi connectivity index (χ1) is 6.61. The molecule has 0 spiro atoms. The van der Waals surface area contributed by atoms with Gasteiger partial charge in [-0.1, -0.05) is 0 Å². The molecular weight excluding hydrogens is 178 g/mol. The minimum Gasteiger partial charge on any atom is -0.349 e. The fraction of sp³-hybridized carbons (Fsp3) is 0.900. The van der Waals surface area contributed by atoms with E-state index in [4.69, 9.17) is 0 Å². The Bertz CT molecular complexity index is 194. The Balaban J connectivity index is 2.26. The zero-order valence-electron chi connectivity index (χ0n) is 9.42. The van der Waals surface area contributed by atoms with Gasteiger partial charge in [0, 0.05) is 52.7 Å². The molecule has 1 rings (SSSR count). The summed E-state index contributed by atoms with van der Waals surface area (Å²) in [5.74, 6) is 0.218. The minimum absolute atomic E-state index is 0.218. The van der Waals surface area contributed by atoms with E-state index in [2.05, 4.69) is 17.1 Å². The number of hydrogen-bond acceptors (Lipinski definition) is 3. The van der Waals surface area contributed by atoms with Gasteiger partial charge in [-0.25, -0.2) is 0 Å². The highest BCUT2D eigenvalue weighted by Crippen LogP contribution is 2.03. The molecule has 1 N–H and O–H groups in total. The van der Waals surface area contributed by atoms with E-state index in [0.717, 1.165) is 26.2 Å². The van der Waals surface area contributed by atoms with Crippen molar-refractivity contribution in [3.05, 3.63) is 0 Å². The minimum atomic E-state index is 0.218. The summed E-state index contributed by atoms with van der Waals surface area (Å²) in [6.07, 6.45) is 0.636. The van der Waals surface area contributed by atoms with Crippen LogP contribution in [0.5, 0.6) is 0 Å². The molecule has 0 aliphatic carbocycles. The predicted molar refractivity (Wildman–Crippen MR) is 57.2 cm³/mol. The molecule has 1 fully saturated rings. The summed E-state index contributed by atoms with van der Waals surface area (Å²) < 4.78 is 0. The second-order valence-corrected chi connectivity index (χ2v) is 4.13. The molecule has 0 saturated carbocycles. The molecule has 1 atom stereocenters. The normalized spacial score (nSPS) is 23.5. The van der Waals surface area contributed by atoms with Gasteiger partial charge in [-0.3, -0.25) is 9.69 Å². The summed E-state index contributed by atoms with van der Waals surface area (Å²) in [5.41, 5.74) is 0. The number of piperazine rings is 1. The lowest BCUT2D eigenvalue weighted by Crippen LogP contribution is -2.50. The largest absolute Gasteiger partial charge is 0.349 e. The van der Waals surface area contributed by atoms with Crippen LogP contribution in [0.3, 0.4) is 0 Å². The van der Waals surface area contributed by atoms with Gasteiger partial charge in [-0.15, -0.1) is 0 Å². The Morgan fingerprint density at radius 3 is 2.86 bits per heavy atom. The molecule has 1 aliphatic heterocycles. The van der Waals surface area contributed by atoms with Crippen LogP contribution in [-0.2, 0) is 4.79 Å². The van der Waals surface area contributed by atoms with Crippen molar-refractivity contribution in [3.63, 3.8) is 0 Å². The van der Waals surface area contributed by atoms with Crippen molar-refractivity contribution < 1.29 is 4.79 Å². The monoisotopic (exact) mass is 199 g/mol. The van der Waals surface area contributed by atoms with Gasteiger partial charge in [0.2, 0.25) is 5.91 Å². The van der Waals surface area contributed by atoms with Crippen LogP contribution >= 0.6 is 0 Å². The highest BCUT2D eigenvalue weighted by atomic mass is 16.2. The van der Waals surface area contributed by atoms with Crippen molar-refractivity contribution in [1.82, 2.24) is 15.1 Å². The van der Waals surface area contributed by atoms with E-state index in [1.807, 2.05) is 14.1 Å². The van der Waals surface area contributed by atoms with Crippen LogP contribution in [0.15, 0.2) is 0 Å². The van der Waals surface area contributed by atoms with E-state index in [-0.39, 0.29) is 5.91 Å². The number of amides is 1. The third-order valence-electron chi connectivity index (χ3n) is 2.75. The number of nitrogens with one attached hydrogen (secondary N) is 1. The van der Waals surface area contributed by atoms with Crippen LogP contribution in [0.4, 0.5) is 0 Å². The Morgan fingerprint density at radius 1 is 1.57 bits per heavy atom. The summed E-state index contributed by atoms with van der Waals surface area (Å²) in [6.45, 7) is 6.23.